The lowest BCUT2D eigenvalue weighted by molar-refractivity contribution is 0.0693. The van der Waals surface area contributed by atoms with Crippen LogP contribution in [0.1, 0.15) is 10.4 Å². The number of carboxylic acids is 1. The summed E-state index contributed by atoms with van der Waals surface area (Å²) in [5.74, 6) is -2.68. The van der Waals surface area contributed by atoms with Crippen molar-refractivity contribution in [3.05, 3.63) is 47.7 Å². The molecule has 0 aliphatic rings. The van der Waals surface area contributed by atoms with Crippen molar-refractivity contribution < 1.29 is 23.4 Å². The van der Waals surface area contributed by atoms with Gasteiger partial charge in [0.15, 0.2) is 5.75 Å². The third-order valence-electron chi connectivity index (χ3n) is 2.52. The van der Waals surface area contributed by atoms with Gasteiger partial charge >= 0.3 is 5.97 Å². The number of carbonyl (C=O) groups is 1. The molecule has 1 aromatic heterocycles. The van der Waals surface area contributed by atoms with Crippen LogP contribution in [0.2, 0.25) is 0 Å². The first-order chi connectivity index (χ1) is 9.02. The van der Waals surface area contributed by atoms with Crippen molar-refractivity contribution in [3.8, 4) is 17.0 Å². The van der Waals surface area contributed by atoms with Gasteiger partial charge in [0, 0.05) is 11.6 Å². The molecule has 0 saturated heterocycles. The zero-order chi connectivity index (χ0) is 14.0. The first kappa shape index (κ1) is 12.9. The zero-order valence-electron chi connectivity index (χ0n) is 9.85. The second kappa shape index (κ2) is 5.01. The van der Waals surface area contributed by atoms with E-state index < -0.39 is 17.6 Å². The Hall–Kier alpha value is -2.50. The number of aromatic nitrogens is 1. The van der Waals surface area contributed by atoms with Gasteiger partial charge in [-0.25, -0.2) is 13.6 Å². The summed E-state index contributed by atoms with van der Waals surface area (Å²) >= 11 is 0. The SMILES string of the molecule is COc1cnc(-c2ccc(F)cc2F)cc1C(=O)O. The molecule has 0 spiro atoms. The topological polar surface area (TPSA) is 59.4 Å². The lowest BCUT2D eigenvalue weighted by atomic mass is 10.1. The number of methoxy groups -OCH3 is 1. The van der Waals surface area contributed by atoms with Gasteiger partial charge in [0.2, 0.25) is 0 Å². The van der Waals surface area contributed by atoms with Crippen LogP contribution in [0.3, 0.4) is 0 Å². The third kappa shape index (κ3) is 2.52. The average molecular weight is 265 g/mol. The molecule has 1 N–H and O–H groups in total. The van der Waals surface area contributed by atoms with Crippen molar-refractivity contribution in [2.24, 2.45) is 0 Å². The number of nitrogens with zero attached hydrogens (tertiary/aromatic N) is 1. The third-order valence-corrected chi connectivity index (χ3v) is 2.52. The quantitative estimate of drug-likeness (QED) is 0.927. The highest BCUT2D eigenvalue weighted by Gasteiger charge is 2.15. The molecule has 2 aromatic rings. The normalized spacial score (nSPS) is 10.3. The number of pyridine rings is 1. The Morgan fingerprint density at radius 2 is 2.05 bits per heavy atom. The van der Waals surface area contributed by atoms with E-state index in [4.69, 9.17) is 9.84 Å². The summed E-state index contributed by atoms with van der Waals surface area (Å²) in [6.07, 6.45) is 1.18. The second-order valence-corrected chi connectivity index (χ2v) is 3.70. The predicted molar refractivity (Wildman–Crippen MR) is 63.1 cm³/mol. The molecule has 0 saturated carbocycles. The largest absolute Gasteiger partial charge is 0.494 e. The first-order valence-electron chi connectivity index (χ1n) is 5.25. The van der Waals surface area contributed by atoms with E-state index in [1.54, 1.807) is 0 Å². The van der Waals surface area contributed by atoms with Crippen LogP contribution in [0.15, 0.2) is 30.5 Å². The van der Waals surface area contributed by atoms with Crippen LogP contribution in [0.5, 0.6) is 5.75 Å². The highest BCUT2D eigenvalue weighted by Crippen LogP contribution is 2.26. The Bertz CT molecular complexity index is 644. The van der Waals surface area contributed by atoms with Crippen LogP contribution in [0, 0.1) is 11.6 Å². The fourth-order valence-corrected chi connectivity index (χ4v) is 1.62. The van der Waals surface area contributed by atoms with E-state index in [2.05, 4.69) is 4.98 Å². The maximum atomic E-state index is 13.6. The van der Waals surface area contributed by atoms with E-state index in [9.17, 15) is 13.6 Å². The lowest BCUT2D eigenvalue weighted by Gasteiger charge is -2.07. The Morgan fingerprint density at radius 3 is 2.63 bits per heavy atom. The van der Waals surface area contributed by atoms with Crippen LogP contribution in [0.25, 0.3) is 11.3 Å². The van der Waals surface area contributed by atoms with Crippen molar-refractivity contribution in [2.75, 3.05) is 7.11 Å². The van der Waals surface area contributed by atoms with Gasteiger partial charge in [0.1, 0.15) is 17.2 Å². The summed E-state index contributed by atoms with van der Waals surface area (Å²) in [7, 11) is 1.31. The van der Waals surface area contributed by atoms with Crippen LogP contribution < -0.4 is 4.74 Å². The van der Waals surface area contributed by atoms with E-state index in [-0.39, 0.29) is 22.6 Å². The summed E-state index contributed by atoms with van der Waals surface area (Å²) in [6, 6.07) is 4.16. The minimum Gasteiger partial charge on any atom is -0.494 e. The molecule has 19 heavy (non-hydrogen) atoms. The van der Waals surface area contributed by atoms with Crippen molar-refractivity contribution >= 4 is 5.97 Å². The Morgan fingerprint density at radius 1 is 1.32 bits per heavy atom. The molecule has 0 unspecified atom stereocenters. The molecule has 0 atom stereocenters. The summed E-state index contributed by atoms with van der Waals surface area (Å²) in [6.45, 7) is 0. The lowest BCUT2D eigenvalue weighted by Crippen LogP contribution is -2.02. The standard InChI is InChI=1S/C13H9F2NO3/c1-19-12-6-16-11(5-9(12)13(17)18)8-3-2-7(14)4-10(8)15/h2-6H,1H3,(H,17,18). The average Bonchev–Trinajstić information content (AvgIpc) is 2.38. The van der Waals surface area contributed by atoms with E-state index in [0.29, 0.717) is 6.07 Å². The molecule has 98 valence electrons. The van der Waals surface area contributed by atoms with Gasteiger partial charge in [-0.3, -0.25) is 4.98 Å². The molecular formula is C13H9F2NO3. The fourth-order valence-electron chi connectivity index (χ4n) is 1.62. The number of halogens is 2. The molecule has 1 heterocycles. The van der Waals surface area contributed by atoms with Crippen LogP contribution in [-0.2, 0) is 0 Å². The van der Waals surface area contributed by atoms with Gasteiger partial charge in [-0.05, 0) is 18.2 Å². The number of benzene rings is 1. The maximum absolute atomic E-state index is 13.6. The van der Waals surface area contributed by atoms with E-state index in [1.165, 1.54) is 25.4 Å². The minimum absolute atomic E-state index is 0.0200. The second-order valence-electron chi connectivity index (χ2n) is 3.70. The van der Waals surface area contributed by atoms with Gasteiger partial charge in [0.25, 0.3) is 0 Å². The number of hydrogen-bond acceptors (Lipinski definition) is 3. The highest BCUT2D eigenvalue weighted by molar-refractivity contribution is 5.92. The fraction of sp³-hybridized carbons (Fsp3) is 0.0769. The van der Waals surface area contributed by atoms with Crippen molar-refractivity contribution in [1.29, 1.82) is 0 Å². The molecule has 0 amide bonds. The van der Waals surface area contributed by atoms with Crippen LogP contribution in [-0.4, -0.2) is 23.2 Å². The van der Waals surface area contributed by atoms with E-state index in [1.807, 2.05) is 0 Å². The molecule has 0 fully saturated rings. The van der Waals surface area contributed by atoms with Crippen molar-refractivity contribution in [1.82, 2.24) is 4.98 Å². The number of carboxylic acid groups (broad SMARTS) is 1. The van der Waals surface area contributed by atoms with Gasteiger partial charge in [-0.2, -0.15) is 0 Å². The smallest absolute Gasteiger partial charge is 0.339 e. The maximum Gasteiger partial charge on any atom is 0.339 e. The summed E-state index contributed by atoms with van der Waals surface area (Å²) in [5, 5.41) is 9.02. The van der Waals surface area contributed by atoms with Crippen molar-refractivity contribution in [3.63, 3.8) is 0 Å². The predicted octanol–water partition coefficient (Wildman–Crippen LogP) is 2.73. The Labute approximate surface area is 107 Å². The number of aromatic carboxylic acids is 1. The summed E-state index contributed by atoms with van der Waals surface area (Å²) < 4.78 is 31.3. The number of rotatable bonds is 3. The molecule has 0 radical (unpaired) electrons. The Balaban J connectivity index is 2.57. The van der Waals surface area contributed by atoms with Gasteiger partial charge in [0.05, 0.1) is 19.0 Å². The molecule has 0 bridgehead atoms. The zero-order valence-corrected chi connectivity index (χ0v) is 9.85. The highest BCUT2D eigenvalue weighted by atomic mass is 19.1. The molecule has 6 heteroatoms. The monoisotopic (exact) mass is 265 g/mol. The summed E-state index contributed by atoms with van der Waals surface area (Å²) in [4.78, 5) is 14.9. The van der Waals surface area contributed by atoms with Gasteiger partial charge in [-0.1, -0.05) is 0 Å². The van der Waals surface area contributed by atoms with Gasteiger partial charge in [-0.15, -0.1) is 0 Å². The minimum atomic E-state index is -1.22. The number of hydrogen-bond donors (Lipinski definition) is 1. The Kier molecular flexibility index (Phi) is 3.41. The molecular weight excluding hydrogens is 256 g/mol. The molecule has 2 rings (SSSR count). The van der Waals surface area contributed by atoms with Crippen LogP contribution >= 0.6 is 0 Å². The summed E-state index contributed by atoms with van der Waals surface area (Å²) in [5.41, 5.74) is -0.0292. The molecule has 0 aliphatic heterocycles. The van der Waals surface area contributed by atoms with Crippen LogP contribution in [0.4, 0.5) is 8.78 Å². The first-order valence-corrected chi connectivity index (χ1v) is 5.25. The molecule has 0 aliphatic carbocycles. The van der Waals surface area contributed by atoms with E-state index >= 15 is 0 Å². The molecule has 4 nitrogen and oxygen atoms in total. The molecule has 1 aromatic carbocycles. The van der Waals surface area contributed by atoms with Gasteiger partial charge < -0.3 is 9.84 Å². The number of ether oxygens (including phenoxy) is 1. The van der Waals surface area contributed by atoms with E-state index in [0.717, 1.165) is 6.07 Å². The van der Waals surface area contributed by atoms with Crippen molar-refractivity contribution in [2.45, 2.75) is 0 Å².